The Labute approximate surface area is 131 Å². The second kappa shape index (κ2) is 5.21. The van der Waals surface area contributed by atoms with Crippen molar-refractivity contribution in [3.63, 3.8) is 0 Å². The maximum atomic E-state index is 9.27. The number of hydrogen-bond acceptors (Lipinski definition) is 4. The van der Waals surface area contributed by atoms with Gasteiger partial charge in [-0.3, -0.25) is 0 Å². The van der Waals surface area contributed by atoms with Crippen molar-refractivity contribution in [3.05, 3.63) is 10.4 Å². The molecule has 0 bridgehead atoms. The van der Waals surface area contributed by atoms with Crippen LogP contribution in [0.1, 0.15) is 62.8 Å². The van der Waals surface area contributed by atoms with Crippen LogP contribution in [0, 0.1) is 22.7 Å². The lowest BCUT2D eigenvalue weighted by atomic mass is 9.75. The minimum absolute atomic E-state index is 0.401. The molecule has 1 aromatic heterocycles. The molecule has 2 fully saturated rings. The van der Waals surface area contributed by atoms with Crippen LogP contribution >= 0.6 is 11.3 Å². The highest BCUT2D eigenvalue weighted by atomic mass is 32.1. The number of nitrogens with zero attached hydrogens (tertiary/aromatic N) is 2. The Morgan fingerprint density at radius 2 is 1.81 bits per heavy atom. The summed E-state index contributed by atoms with van der Waals surface area (Å²) < 4.78 is 0. The molecule has 1 saturated heterocycles. The van der Waals surface area contributed by atoms with Crippen LogP contribution < -0.4 is 10.6 Å². The zero-order valence-corrected chi connectivity index (χ0v) is 14.1. The first-order valence-electron chi connectivity index (χ1n) is 7.99. The molecule has 4 heteroatoms. The van der Waals surface area contributed by atoms with Crippen molar-refractivity contribution in [2.75, 3.05) is 23.7 Å². The molecule has 0 atom stereocenters. The van der Waals surface area contributed by atoms with Crippen molar-refractivity contribution in [1.82, 2.24) is 0 Å². The normalized spacial score (nSPS) is 20.6. The lowest BCUT2D eigenvalue weighted by Crippen LogP contribution is -2.38. The standard InChI is InChI=1S/C17H25N3S/c1-17(2,3)12-6-8-20(9-7-12)16-14(11-4-5-11)15(19)13(10-18)21-16/h11-12H,4-9,19H2,1-3H3. The molecule has 0 unspecified atom stereocenters. The first kappa shape index (κ1) is 14.7. The third kappa shape index (κ3) is 2.76. The molecule has 1 saturated carbocycles. The highest BCUT2D eigenvalue weighted by molar-refractivity contribution is 7.17. The van der Waals surface area contributed by atoms with E-state index < -0.39 is 0 Å². The number of nitriles is 1. The van der Waals surface area contributed by atoms with Gasteiger partial charge in [-0.2, -0.15) is 5.26 Å². The van der Waals surface area contributed by atoms with Crippen molar-refractivity contribution in [3.8, 4) is 6.07 Å². The molecule has 1 aliphatic heterocycles. The molecule has 1 aliphatic carbocycles. The van der Waals surface area contributed by atoms with Gasteiger partial charge >= 0.3 is 0 Å². The van der Waals surface area contributed by atoms with Gasteiger partial charge in [0.15, 0.2) is 0 Å². The third-order valence-corrected chi connectivity index (χ3v) is 6.24. The zero-order chi connectivity index (χ0) is 15.2. The fourth-order valence-corrected chi connectivity index (χ4v) is 4.63. The summed E-state index contributed by atoms with van der Waals surface area (Å²) in [7, 11) is 0. The maximum Gasteiger partial charge on any atom is 0.130 e. The average molecular weight is 303 g/mol. The maximum absolute atomic E-state index is 9.27. The highest BCUT2D eigenvalue weighted by Crippen LogP contribution is 2.52. The van der Waals surface area contributed by atoms with Gasteiger partial charge in [-0.15, -0.1) is 11.3 Å². The number of piperidine rings is 1. The molecular weight excluding hydrogens is 278 g/mol. The van der Waals surface area contributed by atoms with E-state index in [1.807, 2.05) is 0 Å². The second-order valence-corrected chi connectivity index (χ2v) is 8.58. The van der Waals surface area contributed by atoms with E-state index in [9.17, 15) is 5.26 Å². The van der Waals surface area contributed by atoms with Crippen LogP contribution in [0.25, 0.3) is 0 Å². The summed E-state index contributed by atoms with van der Waals surface area (Å²) in [4.78, 5) is 3.20. The van der Waals surface area contributed by atoms with Gasteiger partial charge in [0.2, 0.25) is 0 Å². The van der Waals surface area contributed by atoms with E-state index in [1.54, 1.807) is 11.3 Å². The predicted molar refractivity (Wildman–Crippen MR) is 89.8 cm³/mol. The molecule has 2 aliphatic rings. The summed E-state index contributed by atoms with van der Waals surface area (Å²) >= 11 is 1.61. The minimum atomic E-state index is 0.401. The summed E-state index contributed by atoms with van der Waals surface area (Å²) in [5.74, 6) is 1.41. The highest BCUT2D eigenvalue weighted by Gasteiger charge is 2.35. The van der Waals surface area contributed by atoms with E-state index in [-0.39, 0.29) is 0 Å². The van der Waals surface area contributed by atoms with Gasteiger partial charge in [0.05, 0.1) is 10.7 Å². The number of nitrogens with two attached hydrogens (primary N) is 1. The van der Waals surface area contributed by atoms with Crippen LogP contribution in [0.4, 0.5) is 10.7 Å². The lowest BCUT2D eigenvalue weighted by Gasteiger charge is -2.39. The molecule has 0 spiro atoms. The van der Waals surface area contributed by atoms with E-state index in [0.717, 1.165) is 24.7 Å². The number of thiophene rings is 1. The molecule has 1 aromatic rings. The predicted octanol–water partition coefficient (Wildman–Crippen LogP) is 4.34. The van der Waals surface area contributed by atoms with Crippen molar-refractivity contribution in [2.24, 2.45) is 11.3 Å². The van der Waals surface area contributed by atoms with Crippen LogP contribution in [0.3, 0.4) is 0 Å². The molecule has 0 aromatic carbocycles. The third-order valence-electron chi connectivity index (χ3n) is 5.06. The van der Waals surface area contributed by atoms with Gasteiger partial charge in [0.25, 0.3) is 0 Å². The zero-order valence-electron chi connectivity index (χ0n) is 13.3. The fourth-order valence-electron chi connectivity index (χ4n) is 3.48. The monoisotopic (exact) mass is 303 g/mol. The van der Waals surface area contributed by atoms with E-state index in [2.05, 4.69) is 31.7 Å². The molecule has 3 rings (SSSR count). The van der Waals surface area contributed by atoms with Crippen LogP contribution in [0.15, 0.2) is 0 Å². The largest absolute Gasteiger partial charge is 0.397 e. The fraction of sp³-hybridized carbons (Fsp3) is 0.706. The van der Waals surface area contributed by atoms with Gasteiger partial charge in [-0.1, -0.05) is 20.8 Å². The van der Waals surface area contributed by atoms with E-state index in [0.29, 0.717) is 16.2 Å². The second-order valence-electron chi connectivity index (χ2n) is 7.58. The van der Waals surface area contributed by atoms with E-state index >= 15 is 0 Å². The Morgan fingerprint density at radius 3 is 2.29 bits per heavy atom. The quantitative estimate of drug-likeness (QED) is 0.884. The summed E-state index contributed by atoms with van der Waals surface area (Å²) in [6.07, 6.45) is 4.95. The molecule has 2 N–H and O–H groups in total. The lowest BCUT2D eigenvalue weighted by molar-refractivity contribution is 0.199. The number of anilines is 2. The van der Waals surface area contributed by atoms with Crippen LogP contribution in [0.2, 0.25) is 0 Å². The molecule has 0 amide bonds. The summed E-state index contributed by atoms with van der Waals surface area (Å²) in [5.41, 5.74) is 8.67. The van der Waals surface area contributed by atoms with Gasteiger partial charge in [-0.05, 0) is 42.9 Å². The van der Waals surface area contributed by atoms with E-state index in [1.165, 1.54) is 36.2 Å². The Bertz CT molecular complexity index is 564. The molecule has 114 valence electrons. The Balaban J connectivity index is 1.81. The molecule has 2 heterocycles. The molecule has 3 nitrogen and oxygen atoms in total. The van der Waals surface area contributed by atoms with Crippen molar-refractivity contribution in [1.29, 1.82) is 5.26 Å². The van der Waals surface area contributed by atoms with E-state index in [4.69, 9.17) is 5.73 Å². The smallest absolute Gasteiger partial charge is 0.130 e. The number of hydrogen-bond donors (Lipinski definition) is 1. The van der Waals surface area contributed by atoms with Crippen molar-refractivity contribution < 1.29 is 0 Å². The van der Waals surface area contributed by atoms with Crippen LogP contribution in [-0.4, -0.2) is 13.1 Å². The molecule has 0 radical (unpaired) electrons. The first-order valence-corrected chi connectivity index (χ1v) is 8.80. The molecule has 21 heavy (non-hydrogen) atoms. The Hall–Kier alpha value is -1.21. The SMILES string of the molecule is CC(C)(C)C1CCN(c2sc(C#N)c(N)c2C2CC2)CC1. The molecular formula is C17H25N3S. The summed E-state index contributed by atoms with van der Waals surface area (Å²) in [6.45, 7) is 9.25. The van der Waals surface area contributed by atoms with Gasteiger partial charge < -0.3 is 10.6 Å². The Morgan fingerprint density at radius 1 is 1.19 bits per heavy atom. The summed E-state index contributed by atoms with van der Waals surface area (Å²) in [5, 5.41) is 10.6. The minimum Gasteiger partial charge on any atom is -0.397 e. The van der Waals surface area contributed by atoms with Gasteiger partial charge in [0.1, 0.15) is 10.9 Å². The Kier molecular flexibility index (Phi) is 3.65. The van der Waals surface area contributed by atoms with Crippen LogP contribution in [-0.2, 0) is 0 Å². The van der Waals surface area contributed by atoms with Gasteiger partial charge in [0, 0.05) is 18.7 Å². The first-order chi connectivity index (χ1) is 9.91. The van der Waals surface area contributed by atoms with Crippen LogP contribution in [0.5, 0.6) is 0 Å². The van der Waals surface area contributed by atoms with Gasteiger partial charge in [-0.25, -0.2) is 0 Å². The number of nitrogen functional groups attached to an aromatic ring is 1. The van der Waals surface area contributed by atoms with Crippen molar-refractivity contribution in [2.45, 2.75) is 52.4 Å². The van der Waals surface area contributed by atoms with Crippen molar-refractivity contribution >= 4 is 22.0 Å². The topological polar surface area (TPSA) is 53.0 Å². The average Bonchev–Trinajstić information content (AvgIpc) is 3.22. The summed E-state index contributed by atoms with van der Waals surface area (Å²) in [6, 6.07) is 2.28. The number of rotatable bonds is 2.